The molecule has 2 aromatic carbocycles. The predicted octanol–water partition coefficient (Wildman–Crippen LogP) is 7.94. The topological polar surface area (TPSA) is 197 Å². The number of carbonyl (C=O) groups excluding carboxylic acids is 2. The van der Waals surface area contributed by atoms with Crippen molar-refractivity contribution in [2.24, 2.45) is 0 Å². The highest BCUT2D eigenvalue weighted by molar-refractivity contribution is 6.30. The second kappa shape index (κ2) is 24.7. The number of anilines is 3. The Morgan fingerprint density at radius 2 is 1.01 bits per heavy atom. The standard InChI is InChI=1S/C27H36N6O2.C16H24N2O2.C10H12ClN5/c1-27(2,3)35-26(34)33-11-9-22(10-12-33)21-7-5-20(6-8-21)17-23-24(18-28)29-19-25(30-23)32-15-13-31(4)14-16-32;1-16(2,3)20-15(19)18-10-8-13(9-11-18)12-4-6-14(17)7-5-12;1-15-2-4-16(5-3-15)9-7-13-8(6-12)10(11)14-9/h5-8,19,22H,9-17H2,1-4H3;4-7,13H,8-11,17H2,1-3H3;7H,2-5H2,1H3. The number of hydrogen-bond donors (Lipinski definition) is 1. The molecule has 0 unspecified atom stereocenters. The zero-order valence-corrected chi connectivity index (χ0v) is 43.7. The Balaban J connectivity index is 0.000000193. The van der Waals surface area contributed by atoms with Crippen molar-refractivity contribution in [3.8, 4) is 12.1 Å². The third-order valence-corrected chi connectivity index (χ3v) is 13.2. The number of nitrogens with two attached hydrogens (primary N) is 1. The van der Waals surface area contributed by atoms with E-state index in [1.54, 1.807) is 17.3 Å². The lowest BCUT2D eigenvalue weighted by molar-refractivity contribution is 0.0194. The summed E-state index contributed by atoms with van der Waals surface area (Å²) in [4.78, 5) is 54.2. The van der Waals surface area contributed by atoms with E-state index >= 15 is 0 Å². The van der Waals surface area contributed by atoms with Crippen LogP contribution in [0, 0.1) is 22.7 Å². The normalized spacial score (nSPS) is 17.5. The molecular formula is C53H72ClN13O4. The maximum absolute atomic E-state index is 12.3. The molecule has 17 nitrogen and oxygen atoms in total. The first-order valence-electron chi connectivity index (χ1n) is 24.7. The third-order valence-electron chi connectivity index (χ3n) is 12.9. The summed E-state index contributed by atoms with van der Waals surface area (Å²) in [6.45, 7) is 21.9. The van der Waals surface area contributed by atoms with E-state index < -0.39 is 11.2 Å². The number of benzene rings is 2. The van der Waals surface area contributed by atoms with Gasteiger partial charge in [-0.15, -0.1) is 0 Å². The van der Waals surface area contributed by atoms with E-state index in [4.69, 9.17) is 37.1 Å². The molecule has 4 fully saturated rings. The van der Waals surface area contributed by atoms with E-state index in [2.05, 4.69) is 91.1 Å². The summed E-state index contributed by atoms with van der Waals surface area (Å²) in [5.74, 6) is 2.53. The van der Waals surface area contributed by atoms with Crippen molar-refractivity contribution in [1.82, 2.24) is 39.5 Å². The lowest BCUT2D eigenvalue weighted by Gasteiger charge is -2.33. The number of nitrogen functional groups attached to an aromatic ring is 1. The summed E-state index contributed by atoms with van der Waals surface area (Å²) in [5.41, 5.74) is 10.6. The van der Waals surface area contributed by atoms with Gasteiger partial charge >= 0.3 is 12.2 Å². The molecule has 380 valence electrons. The minimum atomic E-state index is -0.469. The number of carbonyl (C=O) groups is 2. The van der Waals surface area contributed by atoms with Gasteiger partial charge in [0.25, 0.3) is 0 Å². The number of hydrogen-bond acceptors (Lipinski definition) is 15. The molecule has 4 aliphatic rings. The van der Waals surface area contributed by atoms with E-state index in [1.807, 2.05) is 64.6 Å². The minimum absolute atomic E-state index is 0.180. The van der Waals surface area contributed by atoms with Crippen LogP contribution < -0.4 is 15.5 Å². The third kappa shape index (κ3) is 16.4. The van der Waals surface area contributed by atoms with Gasteiger partial charge in [0.2, 0.25) is 0 Å². The Labute approximate surface area is 425 Å². The molecule has 0 saturated carbocycles. The summed E-state index contributed by atoms with van der Waals surface area (Å²) in [5, 5.41) is 18.4. The van der Waals surface area contributed by atoms with Crippen LogP contribution in [0.4, 0.5) is 26.9 Å². The lowest BCUT2D eigenvalue weighted by atomic mass is 9.89. The molecule has 4 aliphatic heterocycles. The fourth-order valence-electron chi connectivity index (χ4n) is 8.76. The number of halogens is 1. The van der Waals surface area contributed by atoms with E-state index in [1.165, 1.54) is 11.1 Å². The van der Waals surface area contributed by atoms with Crippen molar-refractivity contribution >= 4 is 41.1 Å². The van der Waals surface area contributed by atoms with E-state index in [-0.39, 0.29) is 23.0 Å². The number of likely N-dealkylation sites (tertiary alicyclic amines) is 2. The molecule has 2 amide bonds. The lowest BCUT2D eigenvalue weighted by Crippen LogP contribution is -2.45. The molecule has 0 atom stereocenters. The van der Waals surface area contributed by atoms with Crippen molar-refractivity contribution in [2.75, 3.05) is 108 Å². The van der Waals surface area contributed by atoms with Gasteiger partial charge in [0.05, 0.1) is 18.1 Å². The highest BCUT2D eigenvalue weighted by Crippen LogP contribution is 2.31. The fourth-order valence-corrected chi connectivity index (χ4v) is 8.93. The smallest absolute Gasteiger partial charge is 0.410 e. The van der Waals surface area contributed by atoms with Crippen molar-refractivity contribution in [1.29, 1.82) is 10.5 Å². The summed E-state index contributed by atoms with van der Waals surface area (Å²) < 4.78 is 10.9. The predicted molar refractivity (Wildman–Crippen MR) is 278 cm³/mol. The monoisotopic (exact) mass is 990 g/mol. The van der Waals surface area contributed by atoms with Gasteiger partial charge in [0, 0.05) is 90.6 Å². The van der Waals surface area contributed by atoms with Gasteiger partial charge in [-0.25, -0.2) is 29.5 Å². The fraction of sp³-hybridized carbons (Fsp3) is 0.547. The molecule has 8 rings (SSSR count). The van der Waals surface area contributed by atoms with Crippen molar-refractivity contribution in [3.63, 3.8) is 0 Å². The average molecular weight is 991 g/mol. The minimum Gasteiger partial charge on any atom is -0.444 e. The number of aromatic nitrogens is 4. The van der Waals surface area contributed by atoms with Crippen LogP contribution in [0.5, 0.6) is 0 Å². The summed E-state index contributed by atoms with van der Waals surface area (Å²) in [6, 6.07) is 20.8. The number of ether oxygens (including phenoxy) is 2. The van der Waals surface area contributed by atoms with Crippen LogP contribution in [0.25, 0.3) is 0 Å². The van der Waals surface area contributed by atoms with Crippen LogP contribution in [0.1, 0.15) is 113 Å². The molecule has 0 spiro atoms. The SMILES string of the molecule is CC(C)(C)OC(=O)N1CCC(c2ccc(N)cc2)CC1.CN1CCN(c2cnc(C#N)c(Cc3ccc(C4CCN(C(=O)OC(C)(C)C)CC4)cc3)n2)CC1.CN1CCN(c2cnc(C#N)c(Cl)n2)CC1. The van der Waals surface area contributed by atoms with Gasteiger partial charge in [0.15, 0.2) is 16.5 Å². The molecule has 2 N–H and O–H groups in total. The molecule has 4 saturated heterocycles. The van der Waals surface area contributed by atoms with Gasteiger partial charge in [-0.1, -0.05) is 48.0 Å². The number of piperazine rings is 2. The number of rotatable bonds is 6. The molecule has 18 heteroatoms. The largest absolute Gasteiger partial charge is 0.444 e. The number of piperidine rings is 2. The number of amides is 2. The number of nitriles is 2. The molecule has 71 heavy (non-hydrogen) atoms. The average Bonchev–Trinajstić information content (AvgIpc) is 3.34. The van der Waals surface area contributed by atoms with Crippen LogP contribution in [0.15, 0.2) is 60.9 Å². The van der Waals surface area contributed by atoms with Gasteiger partial charge in [-0.05, 0) is 122 Å². The molecule has 2 aromatic heterocycles. The Morgan fingerprint density at radius 3 is 1.41 bits per heavy atom. The van der Waals surface area contributed by atoms with E-state index in [9.17, 15) is 14.9 Å². The van der Waals surface area contributed by atoms with Gasteiger partial charge in [-0.3, -0.25) is 0 Å². The second-order valence-electron chi connectivity index (χ2n) is 20.8. The van der Waals surface area contributed by atoms with E-state index in [0.29, 0.717) is 37.0 Å². The summed E-state index contributed by atoms with van der Waals surface area (Å²) in [7, 11) is 4.22. The Kier molecular flexibility index (Phi) is 18.8. The number of likely N-dealkylation sites (N-methyl/N-ethyl adjacent to an activating group) is 2. The first-order chi connectivity index (χ1) is 33.8. The number of nitrogens with zero attached hydrogens (tertiary/aromatic N) is 12. The van der Waals surface area contributed by atoms with Gasteiger partial charge < -0.3 is 44.6 Å². The maximum Gasteiger partial charge on any atom is 0.410 e. The van der Waals surface area contributed by atoms with Crippen LogP contribution in [0.3, 0.4) is 0 Å². The van der Waals surface area contributed by atoms with Crippen LogP contribution in [0.2, 0.25) is 5.15 Å². The Hall–Kier alpha value is -6.27. The van der Waals surface area contributed by atoms with Crippen molar-refractivity contribution in [2.45, 2.75) is 96.7 Å². The van der Waals surface area contributed by atoms with Crippen molar-refractivity contribution < 1.29 is 19.1 Å². The molecule has 4 aromatic rings. The first-order valence-corrected chi connectivity index (χ1v) is 25.1. The molecule has 6 heterocycles. The quantitative estimate of drug-likeness (QED) is 0.183. The van der Waals surface area contributed by atoms with E-state index in [0.717, 1.165) is 120 Å². The van der Waals surface area contributed by atoms with Crippen LogP contribution >= 0.6 is 11.6 Å². The highest BCUT2D eigenvalue weighted by atomic mass is 35.5. The molecular weight excluding hydrogens is 918 g/mol. The maximum atomic E-state index is 12.3. The zero-order chi connectivity index (χ0) is 51.3. The second-order valence-corrected chi connectivity index (χ2v) is 21.1. The molecule has 0 aliphatic carbocycles. The Morgan fingerprint density at radius 1 is 0.620 bits per heavy atom. The summed E-state index contributed by atoms with van der Waals surface area (Å²) >= 11 is 5.84. The van der Waals surface area contributed by atoms with Gasteiger partial charge in [0.1, 0.15) is 35.0 Å². The summed E-state index contributed by atoms with van der Waals surface area (Å²) in [6.07, 6.45) is 7.29. The first kappa shape index (κ1) is 54.1. The van der Waals surface area contributed by atoms with Crippen LogP contribution in [-0.4, -0.2) is 156 Å². The Bertz CT molecular complexity index is 2450. The highest BCUT2D eigenvalue weighted by Gasteiger charge is 2.29. The van der Waals surface area contributed by atoms with Gasteiger partial charge in [-0.2, -0.15) is 10.5 Å². The van der Waals surface area contributed by atoms with Crippen molar-refractivity contribution in [3.05, 3.63) is 99.8 Å². The zero-order valence-electron chi connectivity index (χ0n) is 42.9. The van der Waals surface area contributed by atoms with Crippen LogP contribution in [-0.2, 0) is 15.9 Å². The molecule has 0 radical (unpaired) electrons. The molecule has 0 bridgehead atoms.